The van der Waals surface area contributed by atoms with E-state index in [9.17, 15) is 24.3 Å². The number of aliphatic carboxylic acids is 1. The maximum atomic E-state index is 12.6. The van der Waals surface area contributed by atoms with Gasteiger partial charge in [-0.1, -0.05) is 23.9 Å². The molecule has 0 radical (unpaired) electrons. The van der Waals surface area contributed by atoms with Crippen molar-refractivity contribution in [2.75, 3.05) is 13.6 Å². The van der Waals surface area contributed by atoms with Gasteiger partial charge in [0.05, 0.1) is 0 Å². The number of hydrogen-bond acceptors (Lipinski definition) is 8. The van der Waals surface area contributed by atoms with Crippen LogP contribution in [0.25, 0.3) is 0 Å². The largest absolute Gasteiger partial charge is 1.00 e. The van der Waals surface area contributed by atoms with Gasteiger partial charge in [-0.3, -0.25) is 20.3 Å². The van der Waals surface area contributed by atoms with E-state index >= 15 is 0 Å². The quantitative estimate of drug-likeness (QED) is 0.218. The summed E-state index contributed by atoms with van der Waals surface area (Å²) in [4.78, 5) is 53.2. The van der Waals surface area contributed by atoms with E-state index in [1.54, 1.807) is 39.6 Å². The van der Waals surface area contributed by atoms with Crippen molar-refractivity contribution in [1.82, 2.24) is 15.5 Å². The summed E-state index contributed by atoms with van der Waals surface area (Å²) in [5.41, 5.74) is -0.0487. The topological polar surface area (TPSA) is 164 Å². The minimum Gasteiger partial charge on any atom is -0.550 e. The summed E-state index contributed by atoms with van der Waals surface area (Å²) in [5, 5.41) is 23.2. The zero-order valence-corrected chi connectivity index (χ0v) is 23.4. The van der Waals surface area contributed by atoms with Crippen molar-refractivity contribution < 1.29 is 58.6 Å². The van der Waals surface area contributed by atoms with Crippen molar-refractivity contribution in [2.45, 2.75) is 51.0 Å². The van der Waals surface area contributed by atoms with Crippen LogP contribution in [0.2, 0.25) is 0 Å². The number of thioether (sulfide) groups is 1. The Bertz CT molecular complexity index is 1010. The van der Waals surface area contributed by atoms with Crippen LogP contribution in [0.3, 0.4) is 0 Å². The first kappa shape index (κ1) is 30.6. The van der Waals surface area contributed by atoms with Gasteiger partial charge in [-0.2, -0.15) is 4.99 Å². The molecule has 13 heteroatoms. The van der Waals surface area contributed by atoms with E-state index in [0.717, 1.165) is 11.8 Å². The summed E-state index contributed by atoms with van der Waals surface area (Å²) in [5.74, 6) is -2.30. The number of ether oxygens (including phenoxy) is 1. The summed E-state index contributed by atoms with van der Waals surface area (Å²) >= 11 is 1.12. The molecule has 0 saturated carbocycles. The van der Waals surface area contributed by atoms with Crippen LogP contribution in [0, 0.1) is 5.41 Å². The minimum atomic E-state index is -1.25. The first-order valence-electron chi connectivity index (χ1n) is 10.5. The predicted octanol–water partition coefficient (Wildman–Crippen LogP) is -2.27. The molecule has 1 heterocycles. The Hall–Kier alpha value is -2.41. The third kappa shape index (κ3) is 9.28. The fourth-order valence-electron chi connectivity index (χ4n) is 2.85. The van der Waals surface area contributed by atoms with Crippen molar-refractivity contribution in [1.29, 1.82) is 5.41 Å². The number of aliphatic imine (C=N–C) groups is 1. The van der Waals surface area contributed by atoms with E-state index in [4.69, 9.17) is 10.1 Å². The van der Waals surface area contributed by atoms with Crippen LogP contribution in [-0.2, 0) is 14.3 Å². The van der Waals surface area contributed by atoms with Crippen molar-refractivity contribution in [2.24, 2.45) is 4.99 Å². The number of amides is 3. The van der Waals surface area contributed by atoms with Crippen LogP contribution < -0.4 is 45.3 Å². The predicted molar refractivity (Wildman–Crippen MR) is 126 cm³/mol. The molecule has 1 aromatic rings. The zero-order valence-electron chi connectivity index (χ0n) is 20.6. The Morgan fingerprint density at radius 2 is 1.74 bits per heavy atom. The number of carboxylic acids is 1. The van der Waals surface area contributed by atoms with E-state index in [1.165, 1.54) is 24.3 Å². The second kappa shape index (κ2) is 13.1. The first-order valence-corrected chi connectivity index (χ1v) is 11.4. The molecule has 1 aromatic carbocycles. The Kier molecular flexibility index (Phi) is 11.4. The van der Waals surface area contributed by atoms with E-state index in [2.05, 4.69) is 15.6 Å². The molecule has 0 spiro atoms. The van der Waals surface area contributed by atoms with E-state index in [-0.39, 0.29) is 65.9 Å². The number of nitrogens with zero attached hydrogens (tertiary/aromatic N) is 2. The number of nitrogens with one attached hydrogen (secondary N) is 3. The molecule has 35 heavy (non-hydrogen) atoms. The van der Waals surface area contributed by atoms with Gasteiger partial charge in [0.2, 0.25) is 5.91 Å². The maximum Gasteiger partial charge on any atom is 1.00 e. The molecule has 1 aliphatic heterocycles. The van der Waals surface area contributed by atoms with Crippen LogP contribution >= 0.6 is 11.8 Å². The SMILES string of the molecule is CC1C(C(=O)NCCC(=O)[O-])SC(=NC(=O)c2ccc(C(=N)NC(=O)OC(C)(C)C)cc2)N1C.[Na+]. The van der Waals surface area contributed by atoms with Gasteiger partial charge in [0, 0.05) is 43.2 Å². The Labute approximate surface area is 230 Å². The number of alkyl carbamates (subject to hydrolysis) is 1. The third-order valence-electron chi connectivity index (χ3n) is 4.71. The molecule has 11 nitrogen and oxygen atoms in total. The molecule has 3 N–H and O–H groups in total. The number of benzene rings is 1. The Morgan fingerprint density at radius 3 is 2.29 bits per heavy atom. The molecular formula is C22H28N5NaO6S. The first-order chi connectivity index (χ1) is 15.8. The van der Waals surface area contributed by atoms with E-state index < -0.39 is 28.8 Å². The number of carbonyl (C=O) groups is 4. The van der Waals surface area contributed by atoms with Crippen molar-refractivity contribution in [3.8, 4) is 0 Å². The number of rotatable bonds is 6. The molecule has 0 aromatic heterocycles. The smallest absolute Gasteiger partial charge is 0.550 e. The second-order valence-electron chi connectivity index (χ2n) is 8.58. The molecule has 0 bridgehead atoms. The summed E-state index contributed by atoms with van der Waals surface area (Å²) in [6.07, 6.45) is -1.04. The number of hydrogen-bond donors (Lipinski definition) is 3. The van der Waals surface area contributed by atoms with Gasteiger partial charge in [0.1, 0.15) is 16.7 Å². The molecule has 2 rings (SSSR count). The fourth-order valence-corrected chi connectivity index (χ4v) is 4.11. The molecule has 2 unspecified atom stereocenters. The van der Waals surface area contributed by atoms with Crippen molar-refractivity contribution >= 4 is 46.6 Å². The van der Waals surface area contributed by atoms with Crippen LogP contribution in [0.4, 0.5) is 4.79 Å². The molecular weight excluding hydrogens is 485 g/mol. The molecule has 184 valence electrons. The fraction of sp³-hybridized carbons (Fsp3) is 0.455. The van der Waals surface area contributed by atoms with E-state index in [1.807, 2.05) is 0 Å². The van der Waals surface area contributed by atoms with Gasteiger partial charge in [-0.05, 0) is 39.8 Å². The van der Waals surface area contributed by atoms with Crippen molar-refractivity contribution in [3.05, 3.63) is 35.4 Å². The standard InChI is InChI=1S/C22H29N5O6S.Na/c1-12-16(19(31)24-11-10-15(28)29)34-20(27(12)5)26-18(30)14-8-6-13(7-9-14)17(23)25-21(32)33-22(2,3)4;/h6-9,12,16H,10-11H2,1-5H3,(H,24,31)(H,28,29)(H2,23,25,32);/q;+1/p-1. The average molecular weight is 514 g/mol. The minimum absolute atomic E-state index is 0. The maximum absolute atomic E-state index is 12.6. The van der Waals surface area contributed by atoms with Crippen LogP contribution in [-0.4, -0.2) is 70.3 Å². The number of carbonyl (C=O) groups excluding carboxylic acids is 4. The van der Waals surface area contributed by atoms with Gasteiger partial charge in [0.25, 0.3) is 5.91 Å². The van der Waals surface area contributed by atoms with Crippen LogP contribution in [0.15, 0.2) is 29.3 Å². The summed E-state index contributed by atoms with van der Waals surface area (Å²) in [6.45, 7) is 6.91. The average Bonchev–Trinajstić information content (AvgIpc) is 3.00. The second-order valence-corrected chi connectivity index (χ2v) is 9.69. The van der Waals surface area contributed by atoms with E-state index in [0.29, 0.717) is 10.7 Å². The number of amidine groups is 2. The third-order valence-corrected chi connectivity index (χ3v) is 6.17. The van der Waals surface area contributed by atoms with Crippen molar-refractivity contribution in [3.63, 3.8) is 0 Å². The molecule has 0 aliphatic carbocycles. The summed E-state index contributed by atoms with van der Waals surface area (Å²) in [7, 11) is 1.71. The summed E-state index contributed by atoms with van der Waals surface area (Å²) < 4.78 is 5.12. The molecule has 1 saturated heterocycles. The molecule has 1 aliphatic rings. The molecule has 3 amide bonds. The van der Waals surface area contributed by atoms with Crippen LogP contribution in [0.1, 0.15) is 50.0 Å². The molecule has 1 fully saturated rings. The Balaban J connectivity index is 0.00000612. The van der Waals surface area contributed by atoms with Gasteiger partial charge in [-0.15, -0.1) is 0 Å². The van der Waals surface area contributed by atoms with Gasteiger partial charge < -0.3 is 24.9 Å². The van der Waals surface area contributed by atoms with Gasteiger partial charge in [-0.25, -0.2) is 4.79 Å². The summed E-state index contributed by atoms with van der Waals surface area (Å²) in [6, 6.07) is 5.73. The number of carboxylic acid groups (broad SMARTS) is 1. The van der Waals surface area contributed by atoms with Gasteiger partial charge in [0.15, 0.2) is 5.17 Å². The zero-order chi connectivity index (χ0) is 25.6. The van der Waals surface area contributed by atoms with Crippen LogP contribution in [0.5, 0.6) is 0 Å². The normalized spacial score (nSPS) is 18.4. The van der Waals surface area contributed by atoms with Gasteiger partial charge >= 0.3 is 35.7 Å². The monoisotopic (exact) mass is 513 g/mol. The molecule has 2 atom stereocenters. The Morgan fingerprint density at radius 1 is 1.17 bits per heavy atom.